The lowest BCUT2D eigenvalue weighted by atomic mass is 10.0. The fourth-order valence-corrected chi connectivity index (χ4v) is 5.90. The van der Waals surface area contributed by atoms with Gasteiger partial charge in [0.2, 0.25) is 5.91 Å². The van der Waals surface area contributed by atoms with Gasteiger partial charge in [0.1, 0.15) is 19.3 Å². The Labute approximate surface area is 294 Å². The van der Waals surface area contributed by atoms with E-state index in [2.05, 4.69) is 25.7 Å². The first-order chi connectivity index (χ1) is 23.3. The molecule has 0 radical (unpaired) electrons. The standard InChI is InChI=1S/C39H74N2O7/c1-6-9-12-14-16-21-27-37(43)41(31-24-30-40(4)5)35(32-46-34-42)33-47-38(44)28-22-17-18-23-29-39(45)48-36(25-19-11-8-3)26-20-15-13-10-7-2/h34-36H,6-33H2,1-5H3. The summed E-state index contributed by atoms with van der Waals surface area (Å²) >= 11 is 0. The second kappa shape index (κ2) is 33.3. The van der Waals surface area contributed by atoms with Crippen molar-refractivity contribution >= 4 is 24.3 Å². The van der Waals surface area contributed by atoms with Gasteiger partial charge in [-0.3, -0.25) is 19.2 Å². The largest absolute Gasteiger partial charge is 0.466 e. The molecule has 0 N–H and O–H groups in total. The lowest BCUT2D eigenvalue weighted by molar-refractivity contribution is -0.151. The summed E-state index contributed by atoms with van der Waals surface area (Å²) in [5, 5.41) is 0. The molecule has 2 atom stereocenters. The van der Waals surface area contributed by atoms with E-state index in [1.807, 2.05) is 14.1 Å². The highest BCUT2D eigenvalue weighted by atomic mass is 16.5. The van der Waals surface area contributed by atoms with E-state index in [-0.39, 0.29) is 43.6 Å². The van der Waals surface area contributed by atoms with Crippen molar-refractivity contribution in [3.05, 3.63) is 0 Å². The lowest BCUT2D eigenvalue weighted by Gasteiger charge is -2.31. The Morgan fingerprint density at radius 2 is 1.08 bits per heavy atom. The Bertz CT molecular complexity index is 792. The lowest BCUT2D eigenvalue weighted by Crippen LogP contribution is -2.47. The van der Waals surface area contributed by atoms with Crippen LogP contribution in [0.25, 0.3) is 0 Å². The van der Waals surface area contributed by atoms with Crippen LogP contribution in [-0.4, -0.2) is 86.7 Å². The summed E-state index contributed by atoms with van der Waals surface area (Å²) in [5.74, 6) is -0.414. The first kappa shape index (κ1) is 45.8. The number of carbonyl (C=O) groups is 4. The van der Waals surface area contributed by atoms with Crippen LogP contribution in [-0.2, 0) is 33.4 Å². The highest BCUT2D eigenvalue weighted by Crippen LogP contribution is 2.18. The van der Waals surface area contributed by atoms with Gasteiger partial charge < -0.3 is 24.0 Å². The summed E-state index contributed by atoms with van der Waals surface area (Å²) < 4.78 is 16.5. The molecule has 0 aliphatic heterocycles. The molecule has 0 aliphatic rings. The number of hydrogen-bond acceptors (Lipinski definition) is 8. The normalized spacial score (nSPS) is 12.5. The fourth-order valence-electron chi connectivity index (χ4n) is 5.90. The number of carbonyl (C=O) groups excluding carboxylic acids is 4. The van der Waals surface area contributed by atoms with Gasteiger partial charge in [-0.25, -0.2) is 0 Å². The minimum Gasteiger partial charge on any atom is -0.466 e. The third-order valence-corrected chi connectivity index (χ3v) is 8.87. The van der Waals surface area contributed by atoms with Crippen molar-refractivity contribution in [1.29, 1.82) is 0 Å². The van der Waals surface area contributed by atoms with Crippen LogP contribution in [0.1, 0.15) is 175 Å². The van der Waals surface area contributed by atoms with E-state index >= 15 is 0 Å². The van der Waals surface area contributed by atoms with Gasteiger partial charge in [0.05, 0.1) is 6.04 Å². The topological polar surface area (TPSA) is 102 Å². The molecule has 9 heteroatoms. The fraction of sp³-hybridized carbons (Fsp3) is 0.897. The molecule has 0 rings (SSSR count). The molecule has 0 aromatic heterocycles. The second-order valence-corrected chi connectivity index (χ2v) is 13.8. The maximum atomic E-state index is 13.3. The highest BCUT2D eigenvalue weighted by Gasteiger charge is 2.25. The van der Waals surface area contributed by atoms with Crippen molar-refractivity contribution in [2.24, 2.45) is 0 Å². The molecule has 9 nitrogen and oxygen atoms in total. The summed E-state index contributed by atoms with van der Waals surface area (Å²) in [7, 11) is 3.98. The SMILES string of the molecule is CCCCCCCCC(=O)N(CCCN(C)C)C(COC=O)COC(=O)CCCCCCC(=O)OC(CCCCC)CCCCCCC. The van der Waals surface area contributed by atoms with E-state index < -0.39 is 6.04 Å². The smallest absolute Gasteiger partial charge is 0.306 e. The molecular formula is C39H74N2O7. The van der Waals surface area contributed by atoms with E-state index in [9.17, 15) is 19.2 Å². The Kier molecular flexibility index (Phi) is 31.8. The molecule has 0 aromatic rings. The van der Waals surface area contributed by atoms with Gasteiger partial charge in [0.25, 0.3) is 6.47 Å². The van der Waals surface area contributed by atoms with Crippen LogP contribution in [0.15, 0.2) is 0 Å². The number of rotatable bonds is 35. The number of amides is 1. The number of hydrogen-bond donors (Lipinski definition) is 0. The average molecular weight is 683 g/mol. The van der Waals surface area contributed by atoms with Gasteiger partial charge in [-0.15, -0.1) is 0 Å². The third-order valence-electron chi connectivity index (χ3n) is 8.87. The number of unbranched alkanes of at least 4 members (excludes halogenated alkanes) is 14. The van der Waals surface area contributed by atoms with Crippen LogP contribution in [0.3, 0.4) is 0 Å². The van der Waals surface area contributed by atoms with E-state index in [4.69, 9.17) is 14.2 Å². The number of nitrogens with zero attached hydrogens (tertiary/aromatic N) is 2. The predicted octanol–water partition coefficient (Wildman–Crippen LogP) is 8.80. The van der Waals surface area contributed by atoms with E-state index in [0.29, 0.717) is 32.3 Å². The maximum absolute atomic E-state index is 13.3. The number of ether oxygens (including phenoxy) is 3. The first-order valence-corrected chi connectivity index (χ1v) is 19.6. The molecule has 0 saturated heterocycles. The quantitative estimate of drug-likeness (QED) is 0.0283. The summed E-state index contributed by atoms with van der Waals surface area (Å²) in [4.78, 5) is 53.3. The van der Waals surface area contributed by atoms with Gasteiger partial charge >= 0.3 is 11.9 Å². The van der Waals surface area contributed by atoms with Crippen molar-refractivity contribution in [1.82, 2.24) is 9.80 Å². The average Bonchev–Trinajstić information content (AvgIpc) is 3.06. The summed E-state index contributed by atoms with van der Waals surface area (Å²) in [6.45, 7) is 8.30. The Morgan fingerprint density at radius 3 is 1.67 bits per heavy atom. The molecule has 0 heterocycles. The Morgan fingerprint density at radius 1 is 0.583 bits per heavy atom. The Balaban J connectivity index is 4.66. The number of esters is 2. The van der Waals surface area contributed by atoms with Crippen molar-refractivity contribution in [3.8, 4) is 0 Å². The van der Waals surface area contributed by atoms with Crippen LogP contribution in [0.4, 0.5) is 0 Å². The van der Waals surface area contributed by atoms with Gasteiger partial charge in [0.15, 0.2) is 0 Å². The van der Waals surface area contributed by atoms with Crippen molar-refractivity contribution in [2.45, 2.75) is 187 Å². The predicted molar refractivity (Wildman–Crippen MR) is 195 cm³/mol. The third kappa shape index (κ3) is 27.8. The van der Waals surface area contributed by atoms with Crippen molar-refractivity contribution < 1.29 is 33.4 Å². The van der Waals surface area contributed by atoms with Gasteiger partial charge in [-0.1, -0.05) is 104 Å². The van der Waals surface area contributed by atoms with Crippen molar-refractivity contribution in [2.75, 3.05) is 40.4 Å². The second-order valence-electron chi connectivity index (χ2n) is 13.8. The maximum Gasteiger partial charge on any atom is 0.306 e. The van der Waals surface area contributed by atoms with Crippen molar-refractivity contribution in [3.63, 3.8) is 0 Å². The molecule has 2 unspecified atom stereocenters. The van der Waals surface area contributed by atoms with Crippen LogP contribution in [0.2, 0.25) is 0 Å². The molecule has 1 amide bonds. The Hall–Kier alpha value is -2.16. The van der Waals surface area contributed by atoms with E-state index in [1.165, 1.54) is 51.4 Å². The zero-order chi connectivity index (χ0) is 35.7. The van der Waals surface area contributed by atoms with Crippen LogP contribution in [0, 0.1) is 0 Å². The van der Waals surface area contributed by atoms with Gasteiger partial charge in [0, 0.05) is 25.8 Å². The molecule has 48 heavy (non-hydrogen) atoms. The minimum atomic E-state index is -0.512. The molecule has 0 spiro atoms. The minimum absolute atomic E-state index is 0.000739. The molecule has 0 aliphatic carbocycles. The molecule has 0 aromatic carbocycles. The molecule has 0 saturated carbocycles. The monoisotopic (exact) mass is 683 g/mol. The van der Waals surface area contributed by atoms with E-state index in [0.717, 1.165) is 83.6 Å². The van der Waals surface area contributed by atoms with Crippen LogP contribution in [0.5, 0.6) is 0 Å². The van der Waals surface area contributed by atoms with Gasteiger partial charge in [-0.2, -0.15) is 0 Å². The van der Waals surface area contributed by atoms with E-state index in [1.54, 1.807) is 4.90 Å². The molecule has 0 fully saturated rings. The van der Waals surface area contributed by atoms with Crippen LogP contribution >= 0.6 is 0 Å². The van der Waals surface area contributed by atoms with Gasteiger partial charge in [-0.05, 0) is 72.0 Å². The van der Waals surface area contributed by atoms with Crippen LogP contribution < -0.4 is 0 Å². The molecular weight excluding hydrogens is 608 g/mol. The summed E-state index contributed by atoms with van der Waals surface area (Å²) in [6, 6.07) is -0.512. The zero-order valence-electron chi connectivity index (χ0n) is 31.8. The molecule has 0 bridgehead atoms. The molecule has 282 valence electrons. The zero-order valence-corrected chi connectivity index (χ0v) is 31.8. The summed E-state index contributed by atoms with van der Waals surface area (Å²) in [6.07, 6.45) is 23.0. The first-order valence-electron chi connectivity index (χ1n) is 19.6. The highest BCUT2D eigenvalue weighted by molar-refractivity contribution is 5.76. The summed E-state index contributed by atoms with van der Waals surface area (Å²) in [5.41, 5.74) is 0.